The Morgan fingerprint density at radius 3 is 2.29 bits per heavy atom. The molecule has 172 valence electrons. The van der Waals surface area contributed by atoms with Crippen molar-refractivity contribution in [3.8, 4) is 17.2 Å². The van der Waals surface area contributed by atoms with Crippen molar-refractivity contribution >= 4 is 43.4 Å². The number of anilines is 1. The Hall–Kier alpha value is -4.04. The van der Waals surface area contributed by atoms with Crippen LogP contribution in [0.1, 0.15) is 16.1 Å². The van der Waals surface area contributed by atoms with Crippen LogP contribution in [0.25, 0.3) is 21.0 Å². The van der Waals surface area contributed by atoms with Gasteiger partial charge in [0.15, 0.2) is 5.13 Å². The summed E-state index contributed by atoms with van der Waals surface area (Å²) in [6.07, 6.45) is 1.58. The van der Waals surface area contributed by atoms with Crippen LogP contribution in [0.4, 0.5) is 5.13 Å². The highest BCUT2D eigenvalue weighted by molar-refractivity contribution is 7.22. The van der Waals surface area contributed by atoms with Crippen LogP contribution >= 0.6 is 11.3 Å². The molecule has 0 saturated carbocycles. The highest BCUT2D eigenvalue weighted by Gasteiger charge is 2.27. The van der Waals surface area contributed by atoms with Crippen LogP contribution in [0.15, 0.2) is 71.3 Å². The normalized spacial score (nSPS) is 11.0. The predicted molar refractivity (Wildman–Crippen MR) is 132 cm³/mol. The third kappa shape index (κ3) is 3.82. The first-order valence-electron chi connectivity index (χ1n) is 10.6. The molecule has 0 aliphatic rings. The molecular formula is C26H22N2O5S. The third-order valence-corrected chi connectivity index (χ3v) is 6.66. The molecule has 0 bridgehead atoms. The summed E-state index contributed by atoms with van der Waals surface area (Å²) in [5.74, 6) is 2.13. The zero-order valence-corrected chi connectivity index (χ0v) is 19.7. The molecule has 3 aromatic carbocycles. The molecule has 0 aliphatic carbocycles. The highest BCUT2D eigenvalue weighted by atomic mass is 32.1. The lowest BCUT2D eigenvalue weighted by molar-refractivity contribution is 0.0980. The molecule has 2 heterocycles. The quantitative estimate of drug-likeness (QED) is 0.292. The topological polar surface area (TPSA) is 74.0 Å². The van der Waals surface area contributed by atoms with E-state index in [2.05, 4.69) is 0 Å². The molecule has 0 radical (unpaired) electrons. The molecule has 0 atom stereocenters. The van der Waals surface area contributed by atoms with E-state index in [0.717, 1.165) is 15.5 Å². The summed E-state index contributed by atoms with van der Waals surface area (Å²) in [5.41, 5.74) is 1.07. The second-order valence-electron chi connectivity index (χ2n) is 7.51. The lowest BCUT2D eigenvalue weighted by Crippen LogP contribution is -2.30. The number of thiazole rings is 1. The van der Waals surface area contributed by atoms with Gasteiger partial charge >= 0.3 is 0 Å². The summed E-state index contributed by atoms with van der Waals surface area (Å²) in [7, 11) is 4.75. The number of carbonyl (C=O) groups excluding carboxylic acids is 1. The summed E-state index contributed by atoms with van der Waals surface area (Å²) in [6.45, 7) is 0.201. The summed E-state index contributed by atoms with van der Waals surface area (Å²) in [6, 6.07) is 18.8. The van der Waals surface area contributed by atoms with E-state index in [0.29, 0.717) is 39.2 Å². The minimum atomic E-state index is -0.254. The summed E-state index contributed by atoms with van der Waals surface area (Å²) < 4.78 is 23.0. The van der Waals surface area contributed by atoms with Gasteiger partial charge < -0.3 is 18.6 Å². The molecule has 2 aromatic heterocycles. The standard InChI is InChI=1S/C26H22N2O5S/c1-30-20-10-11-21(31-2)24-23(20)27-26(34-24)28(15-18-9-6-12-33-18)25(29)19-13-16-7-4-5-8-17(16)14-22(19)32-3/h4-14H,15H2,1-3H3. The van der Waals surface area contributed by atoms with Gasteiger partial charge in [-0.05, 0) is 47.2 Å². The highest BCUT2D eigenvalue weighted by Crippen LogP contribution is 2.41. The molecule has 5 rings (SSSR count). The van der Waals surface area contributed by atoms with Gasteiger partial charge in [-0.3, -0.25) is 9.69 Å². The van der Waals surface area contributed by atoms with E-state index in [9.17, 15) is 4.79 Å². The smallest absolute Gasteiger partial charge is 0.264 e. The SMILES string of the molecule is COc1cc2ccccc2cc1C(=O)N(Cc1ccco1)c1nc2c(OC)ccc(OC)c2s1. The number of benzene rings is 3. The van der Waals surface area contributed by atoms with Gasteiger partial charge in [0, 0.05) is 0 Å². The average molecular weight is 475 g/mol. The fourth-order valence-corrected chi connectivity index (χ4v) is 4.95. The predicted octanol–water partition coefficient (Wildman–Crippen LogP) is 5.92. The number of hydrogen-bond donors (Lipinski definition) is 0. The summed E-state index contributed by atoms with van der Waals surface area (Å²) in [4.78, 5) is 20.4. The van der Waals surface area contributed by atoms with Crippen LogP contribution in [0, 0.1) is 0 Å². The maximum Gasteiger partial charge on any atom is 0.264 e. The van der Waals surface area contributed by atoms with Crippen molar-refractivity contribution in [2.45, 2.75) is 6.54 Å². The van der Waals surface area contributed by atoms with Crippen molar-refractivity contribution in [3.05, 3.63) is 78.3 Å². The number of hydrogen-bond acceptors (Lipinski definition) is 7. The number of aromatic nitrogens is 1. The van der Waals surface area contributed by atoms with E-state index in [1.54, 1.807) is 44.6 Å². The van der Waals surface area contributed by atoms with Crippen LogP contribution in [0.2, 0.25) is 0 Å². The minimum absolute atomic E-state index is 0.201. The molecule has 5 aromatic rings. The number of rotatable bonds is 7. The van der Waals surface area contributed by atoms with Gasteiger partial charge in [-0.25, -0.2) is 4.98 Å². The number of fused-ring (bicyclic) bond motifs is 2. The summed E-state index contributed by atoms with van der Waals surface area (Å²) >= 11 is 1.35. The molecule has 0 unspecified atom stereocenters. The largest absolute Gasteiger partial charge is 0.496 e. The molecule has 0 aliphatic heterocycles. The molecule has 0 fully saturated rings. The lowest BCUT2D eigenvalue weighted by Gasteiger charge is -2.20. The number of methoxy groups -OCH3 is 3. The molecule has 0 N–H and O–H groups in total. The molecular weight excluding hydrogens is 452 g/mol. The fraction of sp³-hybridized carbons (Fsp3) is 0.154. The van der Waals surface area contributed by atoms with Gasteiger partial charge in [0.25, 0.3) is 5.91 Å². The number of carbonyl (C=O) groups is 1. The fourth-order valence-electron chi connectivity index (χ4n) is 3.88. The van der Waals surface area contributed by atoms with Crippen LogP contribution < -0.4 is 19.1 Å². The van der Waals surface area contributed by atoms with Crippen molar-refractivity contribution in [3.63, 3.8) is 0 Å². The number of nitrogens with zero attached hydrogens (tertiary/aromatic N) is 2. The van der Waals surface area contributed by atoms with Gasteiger partial charge in [0.2, 0.25) is 0 Å². The summed E-state index contributed by atoms with van der Waals surface area (Å²) in [5, 5.41) is 2.43. The van der Waals surface area contributed by atoms with Crippen molar-refractivity contribution < 1.29 is 23.4 Å². The van der Waals surface area contributed by atoms with Gasteiger partial charge in [-0.15, -0.1) is 0 Å². The van der Waals surface area contributed by atoms with E-state index in [-0.39, 0.29) is 12.5 Å². The second-order valence-corrected chi connectivity index (χ2v) is 8.49. The van der Waals surface area contributed by atoms with E-state index < -0.39 is 0 Å². The maximum absolute atomic E-state index is 14.0. The third-order valence-electron chi connectivity index (χ3n) is 5.57. The van der Waals surface area contributed by atoms with Crippen molar-refractivity contribution in [2.75, 3.05) is 26.2 Å². The van der Waals surface area contributed by atoms with Crippen molar-refractivity contribution in [2.24, 2.45) is 0 Å². The molecule has 7 nitrogen and oxygen atoms in total. The first-order valence-corrected chi connectivity index (χ1v) is 11.4. The van der Waals surface area contributed by atoms with Gasteiger partial charge in [0.1, 0.15) is 33.2 Å². The monoisotopic (exact) mass is 474 g/mol. The Morgan fingerprint density at radius 2 is 1.62 bits per heavy atom. The van der Waals surface area contributed by atoms with E-state index >= 15 is 0 Å². The van der Waals surface area contributed by atoms with E-state index in [1.807, 2.05) is 48.5 Å². The van der Waals surface area contributed by atoms with Crippen LogP contribution in [0.5, 0.6) is 17.2 Å². The van der Waals surface area contributed by atoms with Gasteiger partial charge in [0.05, 0.1) is 39.7 Å². The molecule has 34 heavy (non-hydrogen) atoms. The second kappa shape index (κ2) is 9.07. The lowest BCUT2D eigenvalue weighted by atomic mass is 10.0. The first kappa shape index (κ1) is 21.8. The van der Waals surface area contributed by atoms with Gasteiger partial charge in [-0.1, -0.05) is 35.6 Å². The first-order chi connectivity index (χ1) is 16.6. The molecule has 1 amide bonds. The van der Waals surface area contributed by atoms with Crippen molar-refractivity contribution in [1.29, 1.82) is 0 Å². The Labute approximate surface area is 200 Å². The Kier molecular flexibility index (Phi) is 5.81. The zero-order chi connectivity index (χ0) is 23.7. The zero-order valence-electron chi connectivity index (χ0n) is 18.9. The van der Waals surface area contributed by atoms with Crippen LogP contribution in [-0.2, 0) is 6.54 Å². The Bertz CT molecular complexity index is 1430. The molecule has 8 heteroatoms. The molecule has 0 saturated heterocycles. The van der Waals surface area contributed by atoms with Gasteiger partial charge in [-0.2, -0.15) is 0 Å². The number of amides is 1. The van der Waals surface area contributed by atoms with E-state index in [4.69, 9.17) is 23.6 Å². The van der Waals surface area contributed by atoms with Crippen LogP contribution in [0.3, 0.4) is 0 Å². The Balaban J connectivity index is 1.67. The van der Waals surface area contributed by atoms with Crippen LogP contribution in [-0.4, -0.2) is 32.2 Å². The number of furan rings is 1. The average Bonchev–Trinajstić information content (AvgIpc) is 3.55. The van der Waals surface area contributed by atoms with E-state index in [1.165, 1.54) is 11.3 Å². The molecule has 0 spiro atoms. The Morgan fingerprint density at radius 1 is 0.912 bits per heavy atom. The van der Waals surface area contributed by atoms with Crippen molar-refractivity contribution in [1.82, 2.24) is 4.98 Å². The number of ether oxygens (including phenoxy) is 3. The maximum atomic E-state index is 14.0. The minimum Gasteiger partial charge on any atom is -0.496 e.